The molecule has 140 valence electrons. The molecule has 0 bridgehead atoms. The Morgan fingerprint density at radius 3 is 2.69 bits per heavy atom. The van der Waals surface area contributed by atoms with Gasteiger partial charge in [0, 0.05) is 56.7 Å². The second-order valence-electron chi connectivity index (χ2n) is 6.62. The highest BCUT2D eigenvalue weighted by Gasteiger charge is 2.14. The van der Waals surface area contributed by atoms with Crippen molar-refractivity contribution in [3.63, 3.8) is 0 Å². The molecule has 1 aliphatic heterocycles. The fourth-order valence-corrected chi connectivity index (χ4v) is 3.20. The van der Waals surface area contributed by atoms with E-state index in [9.17, 15) is 8.78 Å². The van der Waals surface area contributed by atoms with Crippen molar-refractivity contribution in [3.05, 3.63) is 65.5 Å². The number of halogens is 2. The number of hydrogen-bond acceptors (Lipinski definition) is 4. The molecule has 0 spiro atoms. The molecule has 3 rings (SSSR count). The monoisotopic (exact) mass is 361 g/mol. The summed E-state index contributed by atoms with van der Waals surface area (Å²) in [4.78, 5) is 8.74. The molecule has 2 aromatic rings. The van der Waals surface area contributed by atoms with E-state index in [0.29, 0.717) is 18.7 Å². The Balaban J connectivity index is 1.60. The molecule has 1 saturated heterocycles. The minimum atomic E-state index is -0.544. The van der Waals surface area contributed by atoms with Crippen molar-refractivity contribution in [3.8, 4) is 0 Å². The van der Waals surface area contributed by atoms with Crippen LogP contribution in [0.5, 0.6) is 0 Å². The molecular weight excluding hydrogens is 336 g/mol. The van der Waals surface area contributed by atoms with E-state index >= 15 is 0 Å². The van der Waals surface area contributed by atoms with Gasteiger partial charge in [-0.05, 0) is 30.7 Å². The van der Waals surface area contributed by atoms with E-state index in [2.05, 4.69) is 14.8 Å². The van der Waals surface area contributed by atoms with E-state index in [0.717, 1.165) is 57.4 Å². The zero-order valence-electron chi connectivity index (χ0n) is 14.9. The first-order chi connectivity index (χ1) is 12.7. The van der Waals surface area contributed by atoms with E-state index in [1.54, 1.807) is 6.20 Å². The highest BCUT2D eigenvalue weighted by molar-refractivity contribution is 5.19. The number of benzene rings is 1. The van der Waals surface area contributed by atoms with E-state index in [4.69, 9.17) is 4.74 Å². The lowest BCUT2D eigenvalue weighted by Crippen LogP contribution is -2.38. The van der Waals surface area contributed by atoms with E-state index < -0.39 is 11.6 Å². The molecular formula is C20H25F2N3O. The van der Waals surface area contributed by atoms with Gasteiger partial charge in [0.2, 0.25) is 0 Å². The highest BCUT2D eigenvalue weighted by Crippen LogP contribution is 2.15. The third-order valence-electron chi connectivity index (χ3n) is 4.59. The van der Waals surface area contributed by atoms with Crippen molar-refractivity contribution >= 4 is 0 Å². The Kier molecular flexibility index (Phi) is 7.05. The highest BCUT2D eigenvalue weighted by atomic mass is 19.1. The van der Waals surface area contributed by atoms with Crippen LogP contribution in [0, 0.1) is 11.6 Å². The van der Waals surface area contributed by atoms with Crippen molar-refractivity contribution in [2.45, 2.75) is 19.5 Å². The van der Waals surface area contributed by atoms with Crippen molar-refractivity contribution < 1.29 is 13.5 Å². The van der Waals surface area contributed by atoms with Gasteiger partial charge in [-0.15, -0.1) is 0 Å². The number of morpholine rings is 1. The summed E-state index contributed by atoms with van der Waals surface area (Å²) >= 11 is 0. The summed E-state index contributed by atoms with van der Waals surface area (Å²) in [6, 6.07) is 7.71. The molecule has 6 heteroatoms. The molecule has 1 fully saturated rings. The number of nitrogens with zero attached hydrogens (tertiary/aromatic N) is 3. The average Bonchev–Trinajstić information content (AvgIpc) is 2.65. The Hall–Kier alpha value is -1.89. The zero-order chi connectivity index (χ0) is 18.2. The van der Waals surface area contributed by atoms with Crippen LogP contribution in [0.25, 0.3) is 0 Å². The third kappa shape index (κ3) is 5.83. The number of ether oxygens (including phenoxy) is 1. The number of aromatic nitrogens is 1. The first kappa shape index (κ1) is 18.9. The summed E-state index contributed by atoms with van der Waals surface area (Å²) in [5.74, 6) is -1.04. The Morgan fingerprint density at radius 1 is 1.12 bits per heavy atom. The molecule has 26 heavy (non-hydrogen) atoms. The predicted octanol–water partition coefficient (Wildman–Crippen LogP) is 3.08. The summed E-state index contributed by atoms with van der Waals surface area (Å²) in [5.41, 5.74) is 1.60. The molecule has 1 aromatic heterocycles. The predicted molar refractivity (Wildman–Crippen MR) is 96.6 cm³/mol. The van der Waals surface area contributed by atoms with Crippen LogP contribution >= 0.6 is 0 Å². The summed E-state index contributed by atoms with van der Waals surface area (Å²) in [6.07, 6.45) is 4.56. The van der Waals surface area contributed by atoms with Crippen LogP contribution in [0.2, 0.25) is 0 Å². The van der Waals surface area contributed by atoms with E-state index in [1.807, 2.05) is 18.3 Å². The van der Waals surface area contributed by atoms with E-state index in [-0.39, 0.29) is 0 Å². The molecule has 0 radical (unpaired) electrons. The van der Waals surface area contributed by atoms with Gasteiger partial charge in [-0.1, -0.05) is 12.1 Å². The lowest BCUT2D eigenvalue weighted by Gasteiger charge is -2.28. The van der Waals surface area contributed by atoms with Crippen LogP contribution in [-0.4, -0.2) is 54.2 Å². The second kappa shape index (κ2) is 9.71. The molecule has 0 aliphatic carbocycles. The summed E-state index contributed by atoms with van der Waals surface area (Å²) in [6.45, 7) is 6.49. The molecule has 0 unspecified atom stereocenters. The maximum Gasteiger partial charge on any atom is 0.130 e. The molecule has 0 N–H and O–H groups in total. The van der Waals surface area contributed by atoms with Crippen molar-refractivity contribution in [1.29, 1.82) is 0 Å². The topological polar surface area (TPSA) is 28.6 Å². The SMILES string of the molecule is Fc1ccc(CN(CCCN2CCOCC2)Cc2cccnc2)c(F)c1. The van der Waals surface area contributed by atoms with Crippen molar-refractivity contribution in [1.82, 2.24) is 14.8 Å². The summed E-state index contributed by atoms with van der Waals surface area (Å²) in [5, 5.41) is 0. The zero-order valence-corrected chi connectivity index (χ0v) is 14.9. The van der Waals surface area contributed by atoms with Crippen molar-refractivity contribution in [2.75, 3.05) is 39.4 Å². The lowest BCUT2D eigenvalue weighted by molar-refractivity contribution is 0.0358. The molecule has 0 saturated carbocycles. The minimum absolute atomic E-state index is 0.449. The van der Waals surface area contributed by atoms with E-state index in [1.165, 1.54) is 12.1 Å². The van der Waals surface area contributed by atoms with Gasteiger partial charge in [0.15, 0.2) is 0 Å². The fourth-order valence-electron chi connectivity index (χ4n) is 3.20. The van der Waals surface area contributed by atoms with Gasteiger partial charge in [0.1, 0.15) is 11.6 Å². The largest absolute Gasteiger partial charge is 0.379 e. The summed E-state index contributed by atoms with van der Waals surface area (Å²) < 4.78 is 32.6. The average molecular weight is 361 g/mol. The fraction of sp³-hybridized carbons (Fsp3) is 0.450. The second-order valence-corrected chi connectivity index (χ2v) is 6.62. The van der Waals surface area contributed by atoms with Gasteiger partial charge < -0.3 is 4.74 Å². The first-order valence-electron chi connectivity index (χ1n) is 9.06. The normalized spacial score (nSPS) is 15.5. The maximum atomic E-state index is 14.1. The Labute approximate surface area is 153 Å². The Morgan fingerprint density at radius 2 is 1.96 bits per heavy atom. The van der Waals surface area contributed by atoms with Gasteiger partial charge in [-0.2, -0.15) is 0 Å². The van der Waals surface area contributed by atoms with Crippen LogP contribution in [0.4, 0.5) is 8.78 Å². The van der Waals surface area contributed by atoms with Gasteiger partial charge in [0.25, 0.3) is 0 Å². The first-order valence-corrected chi connectivity index (χ1v) is 9.06. The standard InChI is InChI=1S/C20H25F2N3O/c21-19-5-4-18(20(22)13-19)16-25(15-17-3-1-6-23-14-17)8-2-7-24-9-11-26-12-10-24/h1,3-6,13-14H,2,7-12,15-16H2. The van der Waals surface area contributed by atoms with Gasteiger partial charge >= 0.3 is 0 Å². The lowest BCUT2D eigenvalue weighted by atomic mass is 10.1. The maximum absolute atomic E-state index is 14.1. The molecule has 4 nitrogen and oxygen atoms in total. The van der Waals surface area contributed by atoms with Crippen LogP contribution in [0.3, 0.4) is 0 Å². The van der Waals surface area contributed by atoms with Gasteiger partial charge in [-0.3, -0.25) is 14.8 Å². The molecule has 2 heterocycles. The molecule has 1 aliphatic rings. The quantitative estimate of drug-likeness (QED) is 0.722. The summed E-state index contributed by atoms with van der Waals surface area (Å²) in [7, 11) is 0. The Bertz CT molecular complexity index is 678. The molecule has 0 atom stereocenters. The number of rotatable bonds is 8. The van der Waals surface area contributed by atoms with Crippen LogP contribution in [-0.2, 0) is 17.8 Å². The van der Waals surface area contributed by atoms with Gasteiger partial charge in [0.05, 0.1) is 13.2 Å². The van der Waals surface area contributed by atoms with Gasteiger partial charge in [-0.25, -0.2) is 8.78 Å². The number of hydrogen-bond donors (Lipinski definition) is 0. The minimum Gasteiger partial charge on any atom is -0.379 e. The van der Waals surface area contributed by atoms with Crippen LogP contribution in [0.1, 0.15) is 17.5 Å². The third-order valence-corrected chi connectivity index (χ3v) is 4.59. The van der Waals surface area contributed by atoms with Crippen molar-refractivity contribution in [2.24, 2.45) is 0 Å². The van der Waals surface area contributed by atoms with Crippen LogP contribution in [0.15, 0.2) is 42.7 Å². The molecule has 0 amide bonds. The molecule has 1 aromatic carbocycles. The van der Waals surface area contributed by atoms with Crippen LogP contribution < -0.4 is 0 Å². The number of pyridine rings is 1. The smallest absolute Gasteiger partial charge is 0.130 e.